The lowest BCUT2D eigenvalue weighted by Crippen LogP contribution is -2.34. The quantitative estimate of drug-likeness (QED) is 0.845. The lowest BCUT2D eigenvalue weighted by molar-refractivity contribution is -0.119. The van der Waals surface area contributed by atoms with Crippen LogP contribution < -0.4 is 25.3 Å². The molecule has 2 aliphatic rings. The first kappa shape index (κ1) is 17.2. The van der Waals surface area contributed by atoms with Gasteiger partial charge in [-0.05, 0) is 49.2 Å². The maximum absolute atomic E-state index is 12.4. The number of hydrogen-bond acceptors (Lipinski definition) is 5. The fraction of sp³-hybridized carbons (Fsp3) is 0.300. The number of ether oxygens (including phenoxy) is 3. The number of primary amides is 1. The van der Waals surface area contributed by atoms with Crippen LogP contribution in [-0.2, 0) is 4.79 Å². The highest BCUT2D eigenvalue weighted by atomic mass is 16.7. The lowest BCUT2D eigenvalue weighted by Gasteiger charge is -2.21. The Balaban J connectivity index is 1.41. The molecule has 1 fully saturated rings. The summed E-state index contributed by atoms with van der Waals surface area (Å²) in [6.45, 7) is -0.204. The monoisotopic (exact) mass is 368 g/mol. The van der Waals surface area contributed by atoms with E-state index in [1.807, 2.05) is 6.07 Å². The second-order valence-corrected chi connectivity index (χ2v) is 6.72. The molecular formula is C20H20N2O5. The van der Waals surface area contributed by atoms with E-state index in [0.717, 1.165) is 25.7 Å². The minimum Gasteiger partial charge on any atom is -0.484 e. The van der Waals surface area contributed by atoms with Gasteiger partial charge in [0.15, 0.2) is 18.1 Å². The molecule has 1 aliphatic carbocycles. The van der Waals surface area contributed by atoms with Crippen molar-refractivity contribution in [3.63, 3.8) is 0 Å². The number of hydrogen-bond donors (Lipinski definition) is 2. The number of nitrogens with one attached hydrogen (secondary N) is 1. The van der Waals surface area contributed by atoms with E-state index in [4.69, 9.17) is 19.9 Å². The molecule has 3 N–H and O–H groups in total. The molecule has 0 radical (unpaired) electrons. The van der Waals surface area contributed by atoms with Gasteiger partial charge in [-0.3, -0.25) is 9.59 Å². The van der Waals surface area contributed by atoms with E-state index in [0.29, 0.717) is 28.5 Å². The second kappa shape index (κ2) is 6.83. The smallest absolute Gasteiger partial charge is 0.255 e. The first-order valence-electron chi connectivity index (χ1n) is 8.88. The molecule has 7 heteroatoms. The SMILES string of the molecule is NC(=O)COc1ccc(C(=O)Nc2ccc3c(c2)OC2(CCCC2)O3)cc1. The van der Waals surface area contributed by atoms with Gasteiger partial charge in [0.25, 0.3) is 17.6 Å². The van der Waals surface area contributed by atoms with Gasteiger partial charge in [0, 0.05) is 30.2 Å². The zero-order valence-electron chi connectivity index (χ0n) is 14.7. The summed E-state index contributed by atoms with van der Waals surface area (Å²) in [4.78, 5) is 23.2. The number of carbonyl (C=O) groups excluding carboxylic acids is 2. The largest absolute Gasteiger partial charge is 0.484 e. The molecule has 0 aromatic heterocycles. The Morgan fingerprint density at radius 1 is 1.04 bits per heavy atom. The summed E-state index contributed by atoms with van der Waals surface area (Å²) in [6.07, 6.45) is 3.95. The van der Waals surface area contributed by atoms with Crippen LogP contribution in [0.2, 0.25) is 0 Å². The summed E-state index contributed by atoms with van der Waals surface area (Å²) >= 11 is 0. The van der Waals surface area contributed by atoms with Gasteiger partial charge in [0.1, 0.15) is 5.75 Å². The predicted molar refractivity (Wildman–Crippen MR) is 98.0 cm³/mol. The highest BCUT2D eigenvalue weighted by Gasteiger charge is 2.44. The van der Waals surface area contributed by atoms with Gasteiger partial charge in [0.05, 0.1) is 0 Å². The van der Waals surface area contributed by atoms with Gasteiger partial charge < -0.3 is 25.3 Å². The molecule has 1 heterocycles. The van der Waals surface area contributed by atoms with Crippen LogP contribution in [0, 0.1) is 0 Å². The van der Waals surface area contributed by atoms with Crippen LogP contribution in [0.1, 0.15) is 36.0 Å². The summed E-state index contributed by atoms with van der Waals surface area (Å²) < 4.78 is 17.2. The van der Waals surface area contributed by atoms with E-state index >= 15 is 0 Å². The van der Waals surface area contributed by atoms with Crippen molar-refractivity contribution in [3.05, 3.63) is 48.0 Å². The molecule has 7 nitrogen and oxygen atoms in total. The number of nitrogens with two attached hydrogens (primary N) is 1. The Hall–Kier alpha value is -3.22. The van der Waals surface area contributed by atoms with Crippen molar-refractivity contribution < 1.29 is 23.8 Å². The Labute approximate surface area is 156 Å². The van der Waals surface area contributed by atoms with Crippen molar-refractivity contribution in [2.75, 3.05) is 11.9 Å². The van der Waals surface area contributed by atoms with E-state index in [2.05, 4.69) is 5.32 Å². The third-order valence-electron chi connectivity index (χ3n) is 4.66. The summed E-state index contributed by atoms with van der Waals surface area (Å²) in [5, 5.41) is 2.85. The fourth-order valence-corrected chi connectivity index (χ4v) is 3.35. The second-order valence-electron chi connectivity index (χ2n) is 6.72. The van der Waals surface area contributed by atoms with Gasteiger partial charge in [-0.2, -0.15) is 0 Å². The molecule has 0 atom stereocenters. The zero-order valence-corrected chi connectivity index (χ0v) is 14.7. The van der Waals surface area contributed by atoms with Gasteiger partial charge in [-0.15, -0.1) is 0 Å². The normalized spacial score (nSPS) is 16.3. The highest BCUT2D eigenvalue weighted by Crippen LogP contribution is 2.47. The molecule has 27 heavy (non-hydrogen) atoms. The number of carbonyl (C=O) groups is 2. The molecular weight excluding hydrogens is 348 g/mol. The molecule has 140 valence electrons. The predicted octanol–water partition coefficient (Wildman–Crippen LogP) is 2.84. The van der Waals surface area contributed by atoms with Crippen molar-refractivity contribution >= 4 is 17.5 Å². The maximum atomic E-state index is 12.4. The third kappa shape index (κ3) is 3.67. The van der Waals surface area contributed by atoms with E-state index in [9.17, 15) is 9.59 Å². The van der Waals surface area contributed by atoms with Crippen molar-refractivity contribution in [1.29, 1.82) is 0 Å². The van der Waals surface area contributed by atoms with Crippen molar-refractivity contribution in [2.24, 2.45) is 5.73 Å². The minimum atomic E-state index is -0.556. The molecule has 2 amide bonds. The number of benzene rings is 2. The van der Waals surface area contributed by atoms with Gasteiger partial charge in [-0.25, -0.2) is 0 Å². The Morgan fingerprint density at radius 2 is 1.74 bits per heavy atom. The van der Waals surface area contributed by atoms with E-state index in [1.54, 1.807) is 36.4 Å². The minimum absolute atomic E-state index is 0.204. The first-order valence-corrected chi connectivity index (χ1v) is 8.88. The standard InChI is InChI=1S/C20H20N2O5/c21-18(23)12-25-15-6-3-13(4-7-15)19(24)22-14-5-8-16-17(11-14)27-20(26-16)9-1-2-10-20/h3-8,11H,1-2,9-10,12H2,(H2,21,23)(H,22,24). The van der Waals surface area contributed by atoms with Gasteiger partial charge in [-0.1, -0.05) is 0 Å². The molecule has 0 unspecified atom stereocenters. The van der Waals surface area contributed by atoms with Crippen LogP contribution in [-0.4, -0.2) is 24.2 Å². The summed E-state index contributed by atoms with van der Waals surface area (Å²) in [6, 6.07) is 11.9. The molecule has 1 spiro atoms. The van der Waals surface area contributed by atoms with Crippen LogP contribution in [0.25, 0.3) is 0 Å². The van der Waals surface area contributed by atoms with Crippen molar-refractivity contribution in [3.8, 4) is 17.2 Å². The lowest BCUT2D eigenvalue weighted by atomic mass is 10.2. The van der Waals surface area contributed by atoms with Crippen LogP contribution in [0.4, 0.5) is 5.69 Å². The summed E-state index contributed by atoms with van der Waals surface area (Å²) in [7, 11) is 0. The fourth-order valence-electron chi connectivity index (χ4n) is 3.35. The van der Waals surface area contributed by atoms with Crippen LogP contribution in [0.3, 0.4) is 0 Å². The van der Waals surface area contributed by atoms with E-state index in [1.165, 1.54) is 0 Å². The number of fused-ring (bicyclic) bond motifs is 1. The van der Waals surface area contributed by atoms with Crippen LogP contribution in [0.5, 0.6) is 17.2 Å². The molecule has 4 rings (SSSR count). The van der Waals surface area contributed by atoms with E-state index in [-0.39, 0.29) is 12.5 Å². The Kier molecular flexibility index (Phi) is 4.35. The molecule has 2 aromatic carbocycles. The number of amides is 2. The van der Waals surface area contributed by atoms with Crippen molar-refractivity contribution in [2.45, 2.75) is 31.5 Å². The average molecular weight is 368 g/mol. The highest BCUT2D eigenvalue weighted by molar-refractivity contribution is 6.04. The third-order valence-corrected chi connectivity index (χ3v) is 4.66. The van der Waals surface area contributed by atoms with E-state index < -0.39 is 11.7 Å². The maximum Gasteiger partial charge on any atom is 0.255 e. The average Bonchev–Trinajstić information content (AvgIpc) is 3.26. The molecule has 0 bridgehead atoms. The van der Waals surface area contributed by atoms with Crippen molar-refractivity contribution in [1.82, 2.24) is 0 Å². The summed E-state index contributed by atoms with van der Waals surface area (Å²) in [5.74, 6) is 0.502. The molecule has 2 aromatic rings. The number of anilines is 1. The Bertz CT molecular complexity index is 872. The molecule has 0 saturated heterocycles. The van der Waals surface area contributed by atoms with Gasteiger partial charge in [0.2, 0.25) is 0 Å². The van der Waals surface area contributed by atoms with Crippen LogP contribution >= 0.6 is 0 Å². The number of rotatable bonds is 5. The molecule has 1 aliphatic heterocycles. The Morgan fingerprint density at radius 3 is 2.44 bits per heavy atom. The summed E-state index contributed by atoms with van der Waals surface area (Å²) in [5.41, 5.74) is 6.13. The van der Waals surface area contributed by atoms with Gasteiger partial charge >= 0.3 is 0 Å². The zero-order chi connectivity index (χ0) is 18.9. The topological polar surface area (TPSA) is 99.9 Å². The first-order chi connectivity index (χ1) is 13.0. The molecule has 1 saturated carbocycles. The van der Waals surface area contributed by atoms with Crippen LogP contribution in [0.15, 0.2) is 42.5 Å².